The molecule has 0 N–H and O–H groups in total. The quantitative estimate of drug-likeness (QED) is 0.383. The smallest absolute Gasteiger partial charge is 0.281 e. The van der Waals surface area contributed by atoms with Crippen LogP contribution in [0.2, 0.25) is 5.02 Å². The number of benzene rings is 2. The van der Waals surface area contributed by atoms with Crippen molar-refractivity contribution in [3.8, 4) is 17.1 Å². The second-order valence-electron chi connectivity index (χ2n) is 6.65. The zero-order valence-electron chi connectivity index (χ0n) is 16.5. The third-order valence-corrected chi connectivity index (χ3v) is 5.41. The van der Waals surface area contributed by atoms with Gasteiger partial charge in [-0.05, 0) is 79.8 Å². The number of furan rings is 1. The van der Waals surface area contributed by atoms with E-state index in [9.17, 15) is 4.79 Å². The summed E-state index contributed by atoms with van der Waals surface area (Å²) < 4.78 is 11.4. The number of nitrogens with zero attached hydrogens (tertiary/aromatic N) is 2. The molecule has 2 heterocycles. The van der Waals surface area contributed by atoms with Gasteiger partial charge in [0.15, 0.2) is 5.11 Å². The van der Waals surface area contributed by atoms with Crippen LogP contribution in [-0.4, -0.2) is 29.6 Å². The van der Waals surface area contributed by atoms with Crippen LogP contribution in [0.4, 0.5) is 5.69 Å². The highest BCUT2D eigenvalue weighted by Gasteiger charge is 2.37. The Morgan fingerprint density at radius 1 is 1.07 bits per heavy atom. The summed E-state index contributed by atoms with van der Waals surface area (Å²) in [6.07, 6.45) is 1.70. The van der Waals surface area contributed by atoms with Crippen LogP contribution in [0.5, 0.6) is 5.75 Å². The lowest BCUT2D eigenvalue weighted by molar-refractivity contribution is -0.114. The lowest BCUT2D eigenvalue weighted by Gasteiger charge is -2.16. The van der Waals surface area contributed by atoms with Crippen LogP contribution in [-0.2, 0) is 4.79 Å². The van der Waals surface area contributed by atoms with Crippen molar-refractivity contribution in [3.05, 3.63) is 77.1 Å². The SMILES string of the molecule is CCOc1ccc(N2C(=O)C(=Cc3ccc(-c4ccc(Cl)cc4)o3)N(C)C2=S)cc1. The number of hydrogen-bond donors (Lipinski definition) is 0. The van der Waals surface area contributed by atoms with Gasteiger partial charge in [-0.15, -0.1) is 0 Å². The Morgan fingerprint density at radius 3 is 2.43 bits per heavy atom. The molecule has 0 unspecified atom stereocenters. The molecule has 1 saturated heterocycles. The van der Waals surface area contributed by atoms with Gasteiger partial charge in [0, 0.05) is 23.7 Å². The summed E-state index contributed by atoms with van der Waals surface area (Å²) in [5.74, 6) is 1.79. The van der Waals surface area contributed by atoms with E-state index < -0.39 is 0 Å². The van der Waals surface area contributed by atoms with Gasteiger partial charge in [0.2, 0.25) is 0 Å². The Hall–Kier alpha value is -3.09. The molecular formula is C23H19ClN2O3S. The predicted molar refractivity (Wildman–Crippen MR) is 123 cm³/mol. The van der Waals surface area contributed by atoms with Crippen molar-refractivity contribution in [1.82, 2.24) is 4.90 Å². The number of carbonyl (C=O) groups is 1. The van der Waals surface area contributed by atoms with Gasteiger partial charge in [-0.25, -0.2) is 0 Å². The summed E-state index contributed by atoms with van der Waals surface area (Å²) in [6.45, 7) is 2.50. The Labute approximate surface area is 185 Å². The van der Waals surface area contributed by atoms with Crippen LogP contribution >= 0.6 is 23.8 Å². The zero-order valence-corrected chi connectivity index (χ0v) is 18.0. The monoisotopic (exact) mass is 438 g/mol. The number of likely N-dealkylation sites (N-methyl/N-ethyl adjacent to an activating group) is 1. The van der Waals surface area contributed by atoms with Crippen LogP contribution in [0.1, 0.15) is 12.7 Å². The average molecular weight is 439 g/mol. The van der Waals surface area contributed by atoms with E-state index in [1.807, 2.05) is 55.5 Å². The average Bonchev–Trinajstić information content (AvgIpc) is 3.29. The summed E-state index contributed by atoms with van der Waals surface area (Å²) in [4.78, 5) is 16.3. The van der Waals surface area contributed by atoms with Crippen molar-refractivity contribution in [2.75, 3.05) is 18.6 Å². The summed E-state index contributed by atoms with van der Waals surface area (Å²) in [7, 11) is 1.77. The fourth-order valence-electron chi connectivity index (χ4n) is 3.18. The highest BCUT2D eigenvalue weighted by molar-refractivity contribution is 7.80. The van der Waals surface area contributed by atoms with Gasteiger partial charge in [-0.3, -0.25) is 9.69 Å². The van der Waals surface area contributed by atoms with Crippen molar-refractivity contribution in [2.24, 2.45) is 0 Å². The Bertz CT molecular complexity index is 1120. The van der Waals surface area contributed by atoms with Crippen molar-refractivity contribution in [1.29, 1.82) is 0 Å². The maximum absolute atomic E-state index is 13.1. The molecule has 4 rings (SSSR count). The van der Waals surface area contributed by atoms with E-state index in [0.29, 0.717) is 39.6 Å². The second-order valence-corrected chi connectivity index (χ2v) is 7.45. The number of halogens is 1. The number of thiocarbonyl (C=S) groups is 1. The number of ether oxygens (including phenoxy) is 1. The van der Waals surface area contributed by atoms with E-state index in [-0.39, 0.29) is 5.91 Å². The number of rotatable bonds is 5. The minimum Gasteiger partial charge on any atom is -0.494 e. The first-order chi connectivity index (χ1) is 14.5. The van der Waals surface area contributed by atoms with Gasteiger partial charge in [0.1, 0.15) is 23.0 Å². The molecule has 1 fully saturated rings. The van der Waals surface area contributed by atoms with E-state index in [0.717, 1.165) is 11.3 Å². The summed E-state index contributed by atoms with van der Waals surface area (Å²) in [5.41, 5.74) is 2.03. The Morgan fingerprint density at radius 2 is 1.77 bits per heavy atom. The van der Waals surface area contributed by atoms with Crippen molar-refractivity contribution in [3.63, 3.8) is 0 Å². The lowest BCUT2D eigenvalue weighted by atomic mass is 10.2. The topological polar surface area (TPSA) is 45.9 Å². The maximum atomic E-state index is 13.1. The molecular weight excluding hydrogens is 420 g/mol. The number of carbonyl (C=O) groups excluding carboxylic acids is 1. The Kier molecular flexibility index (Phi) is 5.61. The van der Waals surface area contributed by atoms with Crippen LogP contribution in [0.25, 0.3) is 17.4 Å². The van der Waals surface area contributed by atoms with E-state index in [4.69, 9.17) is 33.0 Å². The molecule has 0 saturated carbocycles. The van der Waals surface area contributed by atoms with Crippen molar-refractivity contribution < 1.29 is 13.9 Å². The molecule has 5 nitrogen and oxygen atoms in total. The summed E-state index contributed by atoms with van der Waals surface area (Å²) >= 11 is 11.5. The molecule has 0 bridgehead atoms. The van der Waals surface area contributed by atoms with Gasteiger partial charge >= 0.3 is 0 Å². The molecule has 1 aliphatic heterocycles. The fourth-order valence-corrected chi connectivity index (χ4v) is 3.59. The van der Waals surface area contributed by atoms with Gasteiger partial charge in [0.25, 0.3) is 5.91 Å². The van der Waals surface area contributed by atoms with Gasteiger partial charge in [0.05, 0.1) is 12.3 Å². The molecule has 3 aromatic rings. The minimum atomic E-state index is -0.212. The molecule has 30 heavy (non-hydrogen) atoms. The third kappa shape index (κ3) is 3.84. The molecule has 1 amide bonds. The first-order valence-corrected chi connectivity index (χ1v) is 10.2. The molecule has 7 heteroatoms. The molecule has 0 spiro atoms. The zero-order chi connectivity index (χ0) is 21.3. The number of amides is 1. The highest BCUT2D eigenvalue weighted by atomic mass is 35.5. The standard InChI is InChI=1S/C23H19ClN2O3S/c1-3-28-18-10-8-17(9-11-18)26-22(27)20(25(2)23(26)30)14-19-12-13-21(29-19)15-4-6-16(24)7-5-15/h4-14H,3H2,1-2H3. The highest BCUT2D eigenvalue weighted by Crippen LogP contribution is 2.30. The first-order valence-electron chi connectivity index (χ1n) is 9.40. The van der Waals surface area contributed by atoms with E-state index >= 15 is 0 Å². The number of hydrogen-bond acceptors (Lipinski definition) is 4. The van der Waals surface area contributed by atoms with E-state index in [1.165, 1.54) is 4.90 Å². The minimum absolute atomic E-state index is 0.212. The first kappa shape index (κ1) is 20.2. The summed E-state index contributed by atoms with van der Waals surface area (Å²) in [5, 5.41) is 1.06. The van der Waals surface area contributed by atoms with Crippen LogP contribution < -0.4 is 9.64 Å². The molecule has 0 atom stereocenters. The fraction of sp³-hybridized carbons (Fsp3) is 0.130. The largest absolute Gasteiger partial charge is 0.494 e. The molecule has 0 aliphatic carbocycles. The maximum Gasteiger partial charge on any atom is 0.281 e. The Balaban J connectivity index is 1.60. The third-order valence-electron chi connectivity index (χ3n) is 4.70. The van der Waals surface area contributed by atoms with Gasteiger partial charge in [-0.2, -0.15) is 0 Å². The normalized spacial score (nSPS) is 15.4. The predicted octanol–water partition coefficient (Wildman–Crippen LogP) is 5.60. The van der Waals surface area contributed by atoms with Gasteiger partial charge in [-0.1, -0.05) is 11.6 Å². The molecule has 152 valence electrons. The second kappa shape index (κ2) is 8.34. The molecule has 1 aromatic heterocycles. The van der Waals surface area contributed by atoms with Crippen LogP contribution in [0.3, 0.4) is 0 Å². The molecule has 2 aromatic carbocycles. The van der Waals surface area contributed by atoms with Crippen molar-refractivity contribution >= 4 is 46.6 Å². The summed E-state index contributed by atoms with van der Waals surface area (Å²) in [6, 6.07) is 18.3. The van der Waals surface area contributed by atoms with Crippen molar-refractivity contribution in [2.45, 2.75) is 6.92 Å². The van der Waals surface area contributed by atoms with Gasteiger partial charge < -0.3 is 14.1 Å². The lowest BCUT2D eigenvalue weighted by Crippen LogP contribution is -2.31. The molecule has 0 radical (unpaired) electrons. The number of anilines is 1. The molecule has 1 aliphatic rings. The van der Waals surface area contributed by atoms with Crippen LogP contribution in [0.15, 0.2) is 70.8 Å². The van der Waals surface area contributed by atoms with E-state index in [1.54, 1.807) is 30.2 Å². The van der Waals surface area contributed by atoms with Crippen LogP contribution in [0, 0.1) is 0 Å². The van der Waals surface area contributed by atoms with E-state index in [2.05, 4.69) is 0 Å².